The number of amides is 2. The van der Waals surface area contributed by atoms with Gasteiger partial charge in [-0.2, -0.15) is 0 Å². The van der Waals surface area contributed by atoms with Gasteiger partial charge in [0.05, 0.1) is 0 Å². The normalized spacial score (nSPS) is 14.6. The van der Waals surface area contributed by atoms with E-state index in [4.69, 9.17) is 5.73 Å². The van der Waals surface area contributed by atoms with E-state index >= 15 is 0 Å². The van der Waals surface area contributed by atoms with Crippen molar-refractivity contribution in [3.05, 3.63) is 65.7 Å². The Morgan fingerprint density at radius 1 is 0.783 bits per heavy atom. The van der Waals surface area contributed by atoms with Crippen LogP contribution < -0.4 is 10.6 Å². The maximum Gasteiger partial charge on any atom is 0.253 e. The molecular formula is C18H19N3O2. The van der Waals surface area contributed by atoms with Crippen LogP contribution in [0.4, 0.5) is 5.69 Å². The second-order valence-corrected chi connectivity index (χ2v) is 5.56. The van der Waals surface area contributed by atoms with Crippen molar-refractivity contribution in [2.24, 2.45) is 5.73 Å². The van der Waals surface area contributed by atoms with E-state index in [9.17, 15) is 9.59 Å². The zero-order chi connectivity index (χ0) is 16.2. The lowest BCUT2D eigenvalue weighted by Gasteiger charge is -2.36. The molecule has 1 aliphatic heterocycles. The number of hydrogen-bond donors (Lipinski definition) is 1. The van der Waals surface area contributed by atoms with Gasteiger partial charge in [0.25, 0.3) is 5.91 Å². The smallest absolute Gasteiger partial charge is 0.253 e. The lowest BCUT2D eigenvalue weighted by molar-refractivity contribution is 0.0746. The van der Waals surface area contributed by atoms with Gasteiger partial charge in [0.15, 0.2) is 0 Å². The summed E-state index contributed by atoms with van der Waals surface area (Å²) in [6.45, 7) is 2.92. The Bertz CT molecular complexity index is 690. The first-order valence-electron chi connectivity index (χ1n) is 7.64. The van der Waals surface area contributed by atoms with Crippen molar-refractivity contribution in [2.45, 2.75) is 0 Å². The average Bonchev–Trinajstić information content (AvgIpc) is 2.62. The Morgan fingerprint density at radius 3 is 1.96 bits per heavy atom. The number of nitrogens with zero attached hydrogens (tertiary/aromatic N) is 2. The number of benzene rings is 2. The Kier molecular flexibility index (Phi) is 4.28. The number of carbonyl (C=O) groups excluding carboxylic acids is 2. The molecule has 5 nitrogen and oxygen atoms in total. The fourth-order valence-electron chi connectivity index (χ4n) is 2.77. The largest absolute Gasteiger partial charge is 0.368 e. The van der Waals surface area contributed by atoms with Gasteiger partial charge in [-0.05, 0) is 36.4 Å². The summed E-state index contributed by atoms with van der Waals surface area (Å²) in [5.41, 5.74) is 7.53. The number of anilines is 1. The van der Waals surface area contributed by atoms with Gasteiger partial charge >= 0.3 is 0 Å². The molecule has 118 valence electrons. The Hall–Kier alpha value is -2.82. The van der Waals surface area contributed by atoms with Crippen molar-refractivity contribution in [2.75, 3.05) is 31.1 Å². The van der Waals surface area contributed by atoms with E-state index in [2.05, 4.69) is 4.90 Å². The van der Waals surface area contributed by atoms with Crippen LogP contribution in [0.1, 0.15) is 20.7 Å². The predicted molar refractivity (Wildman–Crippen MR) is 89.5 cm³/mol. The van der Waals surface area contributed by atoms with Crippen LogP contribution in [0.5, 0.6) is 0 Å². The summed E-state index contributed by atoms with van der Waals surface area (Å²) in [5.74, 6) is -0.343. The van der Waals surface area contributed by atoms with Gasteiger partial charge in [-0.15, -0.1) is 0 Å². The first-order chi connectivity index (χ1) is 11.1. The van der Waals surface area contributed by atoms with Crippen molar-refractivity contribution in [3.63, 3.8) is 0 Å². The molecule has 1 aliphatic rings. The zero-order valence-electron chi connectivity index (χ0n) is 12.8. The van der Waals surface area contributed by atoms with E-state index in [0.717, 1.165) is 24.3 Å². The van der Waals surface area contributed by atoms with Crippen LogP contribution in [-0.2, 0) is 0 Å². The average molecular weight is 309 g/mol. The first-order valence-corrected chi connectivity index (χ1v) is 7.64. The number of rotatable bonds is 3. The first kappa shape index (κ1) is 15.1. The molecule has 0 atom stereocenters. The minimum atomic E-state index is -0.421. The third-order valence-corrected chi connectivity index (χ3v) is 4.10. The van der Waals surface area contributed by atoms with Gasteiger partial charge < -0.3 is 15.5 Å². The molecule has 1 heterocycles. The van der Waals surface area contributed by atoms with E-state index in [-0.39, 0.29) is 5.91 Å². The maximum absolute atomic E-state index is 12.4. The molecule has 2 N–H and O–H groups in total. The molecule has 0 unspecified atom stereocenters. The van der Waals surface area contributed by atoms with Crippen LogP contribution in [0.25, 0.3) is 0 Å². The van der Waals surface area contributed by atoms with E-state index in [0.29, 0.717) is 18.7 Å². The third-order valence-electron chi connectivity index (χ3n) is 4.10. The van der Waals surface area contributed by atoms with Crippen molar-refractivity contribution < 1.29 is 9.59 Å². The number of carbonyl (C=O) groups is 2. The molecule has 0 bridgehead atoms. The molecule has 0 spiro atoms. The van der Waals surface area contributed by atoms with Crippen LogP contribution in [0.15, 0.2) is 54.6 Å². The van der Waals surface area contributed by atoms with Crippen molar-refractivity contribution >= 4 is 17.5 Å². The summed E-state index contributed by atoms with van der Waals surface area (Å²) < 4.78 is 0. The monoisotopic (exact) mass is 309 g/mol. The Balaban J connectivity index is 1.62. The molecular weight excluding hydrogens is 290 g/mol. The highest BCUT2D eigenvalue weighted by Crippen LogP contribution is 2.18. The van der Waals surface area contributed by atoms with Gasteiger partial charge in [-0.25, -0.2) is 0 Å². The van der Waals surface area contributed by atoms with Crippen molar-refractivity contribution in [1.29, 1.82) is 0 Å². The molecule has 0 saturated carbocycles. The van der Waals surface area contributed by atoms with E-state index in [1.807, 2.05) is 47.4 Å². The fraction of sp³-hybridized carbons (Fsp3) is 0.222. The summed E-state index contributed by atoms with van der Waals surface area (Å²) in [7, 11) is 0. The van der Waals surface area contributed by atoms with Gasteiger partial charge in [0.2, 0.25) is 5.91 Å². The lowest BCUT2D eigenvalue weighted by atomic mass is 10.1. The van der Waals surface area contributed by atoms with Gasteiger partial charge in [-0.1, -0.05) is 18.2 Å². The van der Waals surface area contributed by atoms with Crippen molar-refractivity contribution in [1.82, 2.24) is 4.90 Å². The Labute approximate surface area is 135 Å². The van der Waals surface area contributed by atoms with Crippen LogP contribution in [0.2, 0.25) is 0 Å². The zero-order valence-corrected chi connectivity index (χ0v) is 12.8. The highest BCUT2D eigenvalue weighted by atomic mass is 16.2. The molecule has 3 rings (SSSR count). The van der Waals surface area contributed by atoms with E-state index in [1.54, 1.807) is 12.1 Å². The summed E-state index contributed by atoms with van der Waals surface area (Å²) in [5, 5.41) is 0. The molecule has 23 heavy (non-hydrogen) atoms. The number of piperazine rings is 1. The van der Waals surface area contributed by atoms with Gasteiger partial charge in [0.1, 0.15) is 0 Å². The molecule has 0 aliphatic carbocycles. The van der Waals surface area contributed by atoms with Crippen LogP contribution in [0.3, 0.4) is 0 Å². The molecule has 2 aromatic rings. The molecule has 1 saturated heterocycles. The third kappa shape index (κ3) is 3.34. The highest BCUT2D eigenvalue weighted by Gasteiger charge is 2.22. The Morgan fingerprint density at radius 2 is 1.39 bits per heavy atom. The number of nitrogens with two attached hydrogens (primary N) is 1. The molecule has 5 heteroatoms. The number of hydrogen-bond acceptors (Lipinski definition) is 3. The molecule has 2 aromatic carbocycles. The van der Waals surface area contributed by atoms with E-state index < -0.39 is 5.91 Å². The minimum absolute atomic E-state index is 0.0781. The van der Waals surface area contributed by atoms with E-state index in [1.165, 1.54) is 0 Å². The van der Waals surface area contributed by atoms with Gasteiger partial charge in [-0.3, -0.25) is 9.59 Å². The minimum Gasteiger partial charge on any atom is -0.368 e. The molecule has 0 radical (unpaired) electrons. The topological polar surface area (TPSA) is 66.6 Å². The summed E-state index contributed by atoms with van der Waals surface area (Å²) in [6, 6.07) is 16.6. The van der Waals surface area contributed by atoms with Gasteiger partial charge in [0, 0.05) is 43.0 Å². The highest BCUT2D eigenvalue weighted by molar-refractivity contribution is 5.94. The number of primary amides is 1. The molecule has 1 fully saturated rings. The second-order valence-electron chi connectivity index (χ2n) is 5.56. The second kappa shape index (κ2) is 6.52. The molecule has 0 aromatic heterocycles. The molecule has 2 amide bonds. The quantitative estimate of drug-likeness (QED) is 0.939. The van der Waals surface area contributed by atoms with Crippen LogP contribution in [0, 0.1) is 0 Å². The van der Waals surface area contributed by atoms with Crippen LogP contribution in [-0.4, -0.2) is 42.9 Å². The van der Waals surface area contributed by atoms with Crippen LogP contribution >= 0.6 is 0 Å². The SMILES string of the molecule is NC(=O)c1ccc(N2CCN(C(=O)c3ccccc3)CC2)cc1. The fourth-order valence-corrected chi connectivity index (χ4v) is 2.77. The lowest BCUT2D eigenvalue weighted by Crippen LogP contribution is -2.48. The maximum atomic E-state index is 12.4. The predicted octanol–water partition coefficient (Wildman–Crippen LogP) is 1.75. The standard InChI is InChI=1S/C18H19N3O2/c19-17(22)14-6-8-16(9-7-14)20-10-12-21(13-11-20)18(23)15-4-2-1-3-5-15/h1-9H,10-13H2,(H2,19,22). The summed E-state index contributed by atoms with van der Waals surface area (Å²) in [6.07, 6.45) is 0. The van der Waals surface area contributed by atoms with Crippen molar-refractivity contribution in [3.8, 4) is 0 Å². The summed E-state index contributed by atoms with van der Waals surface area (Å²) >= 11 is 0. The summed E-state index contributed by atoms with van der Waals surface area (Å²) in [4.78, 5) is 27.6.